The molecule has 17 heavy (non-hydrogen) atoms. The Morgan fingerprint density at radius 3 is 2.94 bits per heavy atom. The van der Waals surface area contributed by atoms with E-state index < -0.39 is 5.91 Å². The molecule has 0 atom stereocenters. The quantitative estimate of drug-likeness (QED) is 0.529. The summed E-state index contributed by atoms with van der Waals surface area (Å²) in [5.41, 5.74) is 9.27. The van der Waals surface area contributed by atoms with Crippen LogP contribution in [-0.2, 0) is 0 Å². The molecular weight excluding hydrogens is 220 g/mol. The van der Waals surface area contributed by atoms with Crippen LogP contribution in [0.5, 0.6) is 0 Å². The first-order valence-electron chi connectivity index (χ1n) is 4.98. The molecule has 0 aliphatic heterocycles. The highest BCUT2D eigenvalue weighted by Gasteiger charge is 2.15. The summed E-state index contributed by atoms with van der Waals surface area (Å²) >= 11 is 0. The minimum absolute atomic E-state index is 0.133. The van der Waals surface area contributed by atoms with E-state index >= 15 is 0 Å². The SMILES string of the molecule is Cc1cccc(-n2ncc(C(=O)NO)c2N)c1. The Morgan fingerprint density at radius 1 is 1.53 bits per heavy atom. The summed E-state index contributed by atoms with van der Waals surface area (Å²) in [4.78, 5) is 11.3. The van der Waals surface area contributed by atoms with Crippen LogP contribution in [0.2, 0.25) is 0 Å². The number of hydrogen-bond donors (Lipinski definition) is 3. The zero-order valence-corrected chi connectivity index (χ0v) is 9.21. The molecule has 6 heteroatoms. The molecule has 2 aromatic rings. The van der Waals surface area contributed by atoms with Crippen molar-refractivity contribution in [1.82, 2.24) is 15.3 Å². The van der Waals surface area contributed by atoms with Crippen molar-refractivity contribution in [2.45, 2.75) is 6.92 Å². The van der Waals surface area contributed by atoms with Gasteiger partial charge in [0.25, 0.3) is 5.91 Å². The molecule has 1 heterocycles. The Bertz CT molecular complexity index is 562. The highest BCUT2D eigenvalue weighted by Crippen LogP contribution is 2.17. The summed E-state index contributed by atoms with van der Waals surface area (Å²) in [7, 11) is 0. The van der Waals surface area contributed by atoms with Crippen molar-refractivity contribution in [3.05, 3.63) is 41.6 Å². The van der Waals surface area contributed by atoms with E-state index in [4.69, 9.17) is 10.9 Å². The second kappa shape index (κ2) is 4.26. The molecule has 1 amide bonds. The number of nitrogens with zero attached hydrogens (tertiary/aromatic N) is 2. The summed E-state index contributed by atoms with van der Waals surface area (Å²) in [6, 6.07) is 7.54. The molecule has 0 radical (unpaired) electrons. The number of benzene rings is 1. The topological polar surface area (TPSA) is 93.2 Å². The molecule has 0 aliphatic rings. The van der Waals surface area contributed by atoms with Crippen molar-refractivity contribution in [2.24, 2.45) is 0 Å². The van der Waals surface area contributed by atoms with Gasteiger partial charge in [-0.2, -0.15) is 5.10 Å². The van der Waals surface area contributed by atoms with Gasteiger partial charge in [-0.05, 0) is 24.6 Å². The predicted molar refractivity (Wildman–Crippen MR) is 62.0 cm³/mol. The van der Waals surface area contributed by atoms with Gasteiger partial charge < -0.3 is 5.73 Å². The average Bonchev–Trinajstić information content (AvgIpc) is 2.70. The number of amides is 1. The second-order valence-electron chi connectivity index (χ2n) is 3.64. The van der Waals surface area contributed by atoms with Crippen LogP contribution in [0.4, 0.5) is 5.82 Å². The summed E-state index contributed by atoms with van der Waals surface area (Å²) in [5, 5.41) is 12.6. The molecule has 0 spiro atoms. The number of hydrogen-bond acceptors (Lipinski definition) is 4. The van der Waals surface area contributed by atoms with Crippen LogP contribution in [0.3, 0.4) is 0 Å². The standard InChI is InChI=1S/C11H12N4O2/c1-7-3-2-4-8(5-7)15-10(12)9(6-13-15)11(16)14-17/h2-6,17H,12H2,1H3,(H,14,16). The van der Waals surface area contributed by atoms with Crippen molar-refractivity contribution in [3.8, 4) is 5.69 Å². The molecule has 1 aromatic heterocycles. The van der Waals surface area contributed by atoms with E-state index in [2.05, 4.69) is 5.10 Å². The summed E-state index contributed by atoms with van der Waals surface area (Å²) < 4.78 is 1.44. The first-order chi connectivity index (χ1) is 8.13. The fraction of sp³-hybridized carbons (Fsp3) is 0.0909. The van der Waals surface area contributed by atoms with Crippen LogP contribution in [0.25, 0.3) is 5.69 Å². The molecule has 1 aromatic carbocycles. The van der Waals surface area contributed by atoms with Gasteiger partial charge in [-0.1, -0.05) is 12.1 Å². The molecule has 4 N–H and O–H groups in total. The van der Waals surface area contributed by atoms with Crippen molar-refractivity contribution in [2.75, 3.05) is 5.73 Å². The van der Waals surface area contributed by atoms with Gasteiger partial charge in [-0.25, -0.2) is 10.2 Å². The molecule has 6 nitrogen and oxygen atoms in total. The largest absolute Gasteiger partial charge is 0.383 e. The normalized spacial score (nSPS) is 10.2. The number of carbonyl (C=O) groups is 1. The van der Waals surface area contributed by atoms with E-state index in [9.17, 15) is 4.79 Å². The zero-order valence-electron chi connectivity index (χ0n) is 9.21. The van der Waals surface area contributed by atoms with Crippen LogP contribution in [-0.4, -0.2) is 20.9 Å². The first-order valence-corrected chi connectivity index (χ1v) is 4.98. The number of aromatic nitrogens is 2. The third-order valence-corrected chi connectivity index (χ3v) is 2.40. The predicted octanol–water partition coefficient (Wildman–Crippen LogP) is 0.882. The number of nitrogens with two attached hydrogens (primary N) is 1. The fourth-order valence-electron chi connectivity index (χ4n) is 1.56. The lowest BCUT2D eigenvalue weighted by atomic mass is 10.2. The number of aryl methyl sites for hydroxylation is 1. The molecule has 0 fully saturated rings. The van der Waals surface area contributed by atoms with Crippen molar-refractivity contribution < 1.29 is 10.0 Å². The van der Waals surface area contributed by atoms with Crippen molar-refractivity contribution in [1.29, 1.82) is 0 Å². The summed E-state index contributed by atoms with van der Waals surface area (Å²) in [6.45, 7) is 1.95. The van der Waals surface area contributed by atoms with Crippen LogP contribution in [0.1, 0.15) is 15.9 Å². The molecule has 0 saturated heterocycles. The van der Waals surface area contributed by atoms with Gasteiger partial charge in [0, 0.05) is 0 Å². The molecule has 2 rings (SSSR count). The number of carbonyl (C=O) groups excluding carboxylic acids is 1. The summed E-state index contributed by atoms with van der Waals surface area (Å²) in [6.07, 6.45) is 1.31. The van der Waals surface area contributed by atoms with E-state index in [0.29, 0.717) is 0 Å². The van der Waals surface area contributed by atoms with E-state index in [1.165, 1.54) is 16.4 Å². The lowest BCUT2D eigenvalue weighted by Gasteiger charge is -2.05. The highest BCUT2D eigenvalue weighted by atomic mass is 16.5. The smallest absolute Gasteiger partial charge is 0.280 e. The third kappa shape index (κ3) is 1.98. The maximum Gasteiger partial charge on any atom is 0.280 e. The van der Waals surface area contributed by atoms with Crippen molar-refractivity contribution >= 4 is 11.7 Å². The highest BCUT2D eigenvalue weighted by molar-refractivity contribution is 5.97. The van der Waals surface area contributed by atoms with E-state index in [0.717, 1.165) is 11.3 Å². The van der Waals surface area contributed by atoms with Crippen LogP contribution in [0.15, 0.2) is 30.5 Å². The minimum atomic E-state index is -0.679. The minimum Gasteiger partial charge on any atom is -0.383 e. The molecular formula is C11H12N4O2. The van der Waals surface area contributed by atoms with Gasteiger partial charge in [0.15, 0.2) is 0 Å². The molecule has 0 saturated carbocycles. The number of anilines is 1. The Morgan fingerprint density at radius 2 is 2.29 bits per heavy atom. The van der Waals surface area contributed by atoms with Gasteiger partial charge in [0.1, 0.15) is 11.4 Å². The Hall–Kier alpha value is -2.34. The monoisotopic (exact) mass is 232 g/mol. The van der Waals surface area contributed by atoms with Gasteiger partial charge in [0.05, 0.1) is 11.9 Å². The van der Waals surface area contributed by atoms with Crippen LogP contribution >= 0.6 is 0 Å². The third-order valence-electron chi connectivity index (χ3n) is 2.40. The maximum absolute atomic E-state index is 11.3. The number of rotatable bonds is 2. The molecule has 88 valence electrons. The lowest BCUT2D eigenvalue weighted by Crippen LogP contribution is -2.19. The Balaban J connectivity index is 2.48. The van der Waals surface area contributed by atoms with Crippen molar-refractivity contribution in [3.63, 3.8) is 0 Å². The average molecular weight is 232 g/mol. The maximum atomic E-state index is 11.3. The lowest BCUT2D eigenvalue weighted by molar-refractivity contribution is 0.0707. The van der Waals surface area contributed by atoms with Gasteiger partial charge >= 0.3 is 0 Å². The Labute approximate surface area is 97.6 Å². The van der Waals surface area contributed by atoms with Crippen LogP contribution < -0.4 is 11.2 Å². The number of nitrogens with one attached hydrogen (secondary N) is 1. The van der Waals surface area contributed by atoms with Gasteiger partial charge in [-0.15, -0.1) is 0 Å². The van der Waals surface area contributed by atoms with Gasteiger partial charge in [-0.3, -0.25) is 10.0 Å². The zero-order chi connectivity index (χ0) is 12.4. The molecule has 0 bridgehead atoms. The van der Waals surface area contributed by atoms with E-state index in [1.807, 2.05) is 31.2 Å². The number of hydroxylamine groups is 1. The van der Waals surface area contributed by atoms with E-state index in [1.54, 1.807) is 0 Å². The Kier molecular flexibility index (Phi) is 2.80. The van der Waals surface area contributed by atoms with Gasteiger partial charge in [0.2, 0.25) is 0 Å². The van der Waals surface area contributed by atoms with Crippen LogP contribution in [0, 0.1) is 6.92 Å². The molecule has 0 aliphatic carbocycles. The van der Waals surface area contributed by atoms with E-state index in [-0.39, 0.29) is 11.4 Å². The number of nitrogen functional groups attached to an aromatic ring is 1. The molecule has 0 unspecified atom stereocenters. The second-order valence-corrected chi connectivity index (χ2v) is 3.64. The summed E-state index contributed by atoms with van der Waals surface area (Å²) in [5.74, 6) is -0.497. The first kappa shape index (κ1) is 11.2. The fourth-order valence-corrected chi connectivity index (χ4v) is 1.56.